The minimum Gasteiger partial charge on any atom is -0.312 e. The molecule has 1 aromatic rings. The second kappa shape index (κ2) is 3.84. The molecular formula is C13H17N. The van der Waals surface area contributed by atoms with Crippen molar-refractivity contribution in [2.75, 3.05) is 0 Å². The Balaban J connectivity index is 3.53. The summed E-state index contributed by atoms with van der Waals surface area (Å²) in [7, 11) is 0. The zero-order valence-electron chi connectivity index (χ0n) is 9.65. The molecule has 0 aliphatic carbocycles. The first-order valence-electron chi connectivity index (χ1n) is 4.89. The second-order valence-electron chi connectivity index (χ2n) is 3.92. The van der Waals surface area contributed by atoms with Crippen LogP contribution in [0.2, 0.25) is 0 Å². The summed E-state index contributed by atoms with van der Waals surface area (Å²) in [5.74, 6) is 0. The molecule has 1 rings (SSSR count). The van der Waals surface area contributed by atoms with Gasteiger partial charge in [-0.25, -0.2) is 6.57 Å². The highest BCUT2D eigenvalue weighted by Gasteiger charge is 2.13. The summed E-state index contributed by atoms with van der Waals surface area (Å²) in [5, 5.41) is 0. The molecular weight excluding hydrogens is 170 g/mol. The molecule has 0 heterocycles. The van der Waals surface area contributed by atoms with Crippen LogP contribution in [0.25, 0.3) is 4.85 Å². The van der Waals surface area contributed by atoms with Crippen LogP contribution in [0.1, 0.15) is 33.4 Å². The molecule has 0 radical (unpaired) electrons. The second-order valence-corrected chi connectivity index (χ2v) is 3.92. The lowest BCUT2D eigenvalue weighted by Gasteiger charge is -2.15. The van der Waals surface area contributed by atoms with Crippen LogP contribution in [0.5, 0.6) is 0 Å². The van der Waals surface area contributed by atoms with Gasteiger partial charge in [0.1, 0.15) is 0 Å². The van der Waals surface area contributed by atoms with Crippen LogP contribution in [-0.2, 0) is 6.54 Å². The van der Waals surface area contributed by atoms with Gasteiger partial charge in [-0.2, -0.15) is 0 Å². The Bertz CT molecular complexity index is 379. The molecule has 0 unspecified atom stereocenters. The summed E-state index contributed by atoms with van der Waals surface area (Å²) in [6.45, 7) is 18.2. The molecule has 74 valence electrons. The normalized spacial score (nSPS) is 10.0. The molecule has 0 spiro atoms. The first-order valence-corrected chi connectivity index (χ1v) is 4.89. The van der Waals surface area contributed by atoms with Gasteiger partial charge in [0.2, 0.25) is 6.54 Å². The van der Waals surface area contributed by atoms with Gasteiger partial charge in [-0.3, -0.25) is 0 Å². The maximum absolute atomic E-state index is 6.95. The van der Waals surface area contributed by atoms with E-state index in [1.54, 1.807) is 0 Å². The van der Waals surface area contributed by atoms with E-state index in [9.17, 15) is 0 Å². The van der Waals surface area contributed by atoms with Crippen LogP contribution in [0.3, 0.4) is 0 Å². The van der Waals surface area contributed by atoms with Gasteiger partial charge < -0.3 is 4.85 Å². The Kier molecular flexibility index (Phi) is 2.96. The van der Waals surface area contributed by atoms with E-state index in [4.69, 9.17) is 6.57 Å². The van der Waals surface area contributed by atoms with Crippen LogP contribution < -0.4 is 0 Å². The van der Waals surface area contributed by atoms with E-state index in [-0.39, 0.29) is 0 Å². The molecule has 1 aromatic carbocycles. The molecule has 0 fully saturated rings. The summed E-state index contributed by atoms with van der Waals surface area (Å²) in [6.07, 6.45) is 0. The van der Waals surface area contributed by atoms with Crippen molar-refractivity contribution in [1.82, 2.24) is 0 Å². The predicted molar refractivity (Wildman–Crippen MR) is 60.4 cm³/mol. The highest BCUT2D eigenvalue weighted by Crippen LogP contribution is 2.26. The Labute approximate surface area is 86.6 Å². The van der Waals surface area contributed by atoms with E-state index in [1.807, 2.05) is 0 Å². The minimum absolute atomic E-state index is 0.514. The summed E-state index contributed by atoms with van der Waals surface area (Å²) in [6, 6.07) is 0. The smallest absolute Gasteiger partial charge is 0.240 e. The Hall–Kier alpha value is -1.29. The van der Waals surface area contributed by atoms with Crippen LogP contribution >= 0.6 is 0 Å². The first-order chi connectivity index (χ1) is 6.50. The molecule has 0 saturated carbocycles. The van der Waals surface area contributed by atoms with Crippen molar-refractivity contribution in [3.05, 3.63) is 44.8 Å². The van der Waals surface area contributed by atoms with Crippen molar-refractivity contribution in [3.8, 4) is 0 Å². The number of rotatable bonds is 1. The summed E-state index contributed by atoms with van der Waals surface area (Å²) in [4.78, 5) is 3.49. The highest BCUT2D eigenvalue weighted by atomic mass is 14.6. The molecule has 1 heteroatoms. The largest absolute Gasteiger partial charge is 0.312 e. The number of nitrogens with zero attached hydrogens (tertiary/aromatic N) is 1. The average molecular weight is 187 g/mol. The molecule has 0 saturated heterocycles. The molecule has 0 amide bonds. The van der Waals surface area contributed by atoms with Gasteiger partial charge in [0.15, 0.2) is 0 Å². The molecule has 0 aliphatic heterocycles. The number of hydrogen-bond donors (Lipinski definition) is 0. The lowest BCUT2D eigenvalue weighted by molar-refractivity contribution is 1.08. The van der Waals surface area contributed by atoms with Gasteiger partial charge >= 0.3 is 0 Å². The van der Waals surface area contributed by atoms with Gasteiger partial charge in [0.25, 0.3) is 0 Å². The summed E-state index contributed by atoms with van der Waals surface area (Å²) >= 11 is 0. The van der Waals surface area contributed by atoms with Crippen molar-refractivity contribution in [1.29, 1.82) is 0 Å². The fraction of sp³-hybridized carbons (Fsp3) is 0.462. The standard InChI is InChI=1S/C13H17N/c1-8-9(2)11(4)13(7-14-6)12(5)10(8)3/h7H2,1-5H3. The third-order valence-electron chi connectivity index (χ3n) is 3.39. The minimum atomic E-state index is 0.514. The third-order valence-corrected chi connectivity index (χ3v) is 3.39. The third kappa shape index (κ3) is 1.53. The van der Waals surface area contributed by atoms with Gasteiger partial charge in [-0.05, 0) is 62.4 Å². The fourth-order valence-electron chi connectivity index (χ4n) is 1.89. The quantitative estimate of drug-likeness (QED) is 0.591. The van der Waals surface area contributed by atoms with E-state index in [0.717, 1.165) is 0 Å². The summed E-state index contributed by atoms with van der Waals surface area (Å²) < 4.78 is 0. The average Bonchev–Trinajstić information content (AvgIpc) is 2.19. The van der Waals surface area contributed by atoms with Crippen molar-refractivity contribution in [2.45, 2.75) is 41.2 Å². The van der Waals surface area contributed by atoms with Crippen molar-refractivity contribution in [2.24, 2.45) is 0 Å². The molecule has 0 bridgehead atoms. The van der Waals surface area contributed by atoms with Gasteiger partial charge in [0, 0.05) is 5.56 Å². The molecule has 0 atom stereocenters. The highest BCUT2D eigenvalue weighted by molar-refractivity contribution is 5.49. The zero-order valence-corrected chi connectivity index (χ0v) is 9.65. The lowest BCUT2D eigenvalue weighted by Crippen LogP contribution is -2.01. The zero-order chi connectivity index (χ0) is 10.9. The molecule has 1 nitrogen and oxygen atoms in total. The van der Waals surface area contributed by atoms with Crippen LogP contribution in [-0.4, -0.2) is 0 Å². The van der Waals surface area contributed by atoms with Crippen LogP contribution in [0, 0.1) is 41.2 Å². The molecule has 0 aliphatic rings. The van der Waals surface area contributed by atoms with Gasteiger partial charge in [0.05, 0.1) is 0 Å². The van der Waals surface area contributed by atoms with E-state index in [1.165, 1.54) is 33.4 Å². The Morgan fingerprint density at radius 1 is 0.786 bits per heavy atom. The lowest BCUT2D eigenvalue weighted by atomic mass is 9.90. The maximum atomic E-state index is 6.95. The van der Waals surface area contributed by atoms with Crippen molar-refractivity contribution >= 4 is 0 Å². The SMILES string of the molecule is [C-]#[N+]Cc1c(C)c(C)c(C)c(C)c1C. The molecule has 14 heavy (non-hydrogen) atoms. The van der Waals surface area contributed by atoms with Crippen LogP contribution in [0.4, 0.5) is 0 Å². The van der Waals surface area contributed by atoms with E-state index < -0.39 is 0 Å². The molecule has 0 N–H and O–H groups in total. The van der Waals surface area contributed by atoms with E-state index >= 15 is 0 Å². The van der Waals surface area contributed by atoms with E-state index in [2.05, 4.69) is 39.5 Å². The fourth-order valence-corrected chi connectivity index (χ4v) is 1.89. The first kappa shape index (κ1) is 10.8. The van der Waals surface area contributed by atoms with Crippen molar-refractivity contribution < 1.29 is 0 Å². The monoisotopic (exact) mass is 187 g/mol. The van der Waals surface area contributed by atoms with Crippen molar-refractivity contribution in [3.63, 3.8) is 0 Å². The van der Waals surface area contributed by atoms with E-state index in [0.29, 0.717) is 6.54 Å². The predicted octanol–water partition coefficient (Wildman–Crippen LogP) is 3.65. The van der Waals surface area contributed by atoms with Gasteiger partial charge in [-0.1, -0.05) is 0 Å². The topological polar surface area (TPSA) is 4.36 Å². The Morgan fingerprint density at radius 2 is 1.14 bits per heavy atom. The van der Waals surface area contributed by atoms with Crippen LogP contribution in [0.15, 0.2) is 0 Å². The Morgan fingerprint density at radius 3 is 1.50 bits per heavy atom. The van der Waals surface area contributed by atoms with Gasteiger partial charge in [-0.15, -0.1) is 0 Å². The molecule has 0 aromatic heterocycles. The number of hydrogen-bond acceptors (Lipinski definition) is 0. The summed E-state index contributed by atoms with van der Waals surface area (Å²) in [5.41, 5.74) is 7.86. The number of benzene rings is 1. The maximum Gasteiger partial charge on any atom is 0.240 e.